The molecule has 1 fully saturated rings. The molecule has 0 bridgehead atoms. The van der Waals surface area contributed by atoms with Gasteiger partial charge in [-0.1, -0.05) is 38.8 Å². The number of hydrogen-bond donors (Lipinski definition) is 0. The van der Waals surface area contributed by atoms with Crippen molar-refractivity contribution < 1.29 is 4.79 Å². The Morgan fingerprint density at radius 2 is 1.79 bits per heavy atom. The van der Waals surface area contributed by atoms with Crippen molar-refractivity contribution in [3.8, 4) is 11.8 Å². The van der Waals surface area contributed by atoms with Gasteiger partial charge in [-0.2, -0.15) is 0 Å². The van der Waals surface area contributed by atoms with Crippen LogP contribution in [-0.4, -0.2) is 10.9 Å². The maximum Gasteiger partial charge on any atom is 0.308 e. The van der Waals surface area contributed by atoms with Crippen molar-refractivity contribution in [2.45, 2.75) is 73.6 Å². The first kappa shape index (κ1) is 21.7. The van der Waals surface area contributed by atoms with Crippen LogP contribution in [0.3, 0.4) is 0 Å². The van der Waals surface area contributed by atoms with Gasteiger partial charge in [0, 0.05) is 6.20 Å². The number of carbonyl (C=O) groups is 1. The van der Waals surface area contributed by atoms with Crippen LogP contribution in [0.4, 0.5) is 11.5 Å². The Kier molecular flexibility index (Phi) is 7.40. The summed E-state index contributed by atoms with van der Waals surface area (Å²) < 4.78 is 0. The zero-order chi connectivity index (χ0) is 20.8. The lowest BCUT2D eigenvalue weighted by atomic mass is 9.99. The molecule has 0 saturated heterocycles. The zero-order valence-electron chi connectivity index (χ0n) is 18.3. The monoisotopic (exact) mass is 376 g/mol. The number of amides is 1. The third-order valence-electron chi connectivity index (χ3n) is 5.01. The SMILES string of the molecule is CC.CC#CC(=O)N(c1cc(C)c(C)cc1C1CC1)c1ncc(C)cc1CC. The van der Waals surface area contributed by atoms with E-state index in [2.05, 4.69) is 55.8 Å². The van der Waals surface area contributed by atoms with E-state index in [1.807, 2.05) is 27.0 Å². The third-order valence-corrected chi connectivity index (χ3v) is 5.01. The second kappa shape index (κ2) is 9.55. The summed E-state index contributed by atoms with van der Waals surface area (Å²) in [5.41, 5.74) is 6.78. The lowest BCUT2D eigenvalue weighted by molar-refractivity contribution is -0.112. The molecular weight excluding hydrogens is 344 g/mol. The van der Waals surface area contributed by atoms with Crippen molar-refractivity contribution in [1.29, 1.82) is 0 Å². The molecule has 1 aliphatic rings. The van der Waals surface area contributed by atoms with Crippen LogP contribution in [-0.2, 0) is 11.2 Å². The standard InChI is InChI=1S/C23H26N2O.C2H6/c1-6-8-22(26)25(23-18(7-2)11-15(3)14-24-23)21-13-17(5)16(4)12-20(21)19-9-10-19;1-2/h11-14,19H,7,9-10H2,1-5H3;1-2H3. The molecule has 1 aromatic carbocycles. The maximum absolute atomic E-state index is 13.0. The number of hydrogen-bond acceptors (Lipinski definition) is 2. The Labute approximate surface area is 170 Å². The average molecular weight is 377 g/mol. The highest BCUT2D eigenvalue weighted by Gasteiger charge is 2.31. The minimum absolute atomic E-state index is 0.219. The summed E-state index contributed by atoms with van der Waals surface area (Å²) in [5, 5.41) is 0. The van der Waals surface area contributed by atoms with Gasteiger partial charge in [0.15, 0.2) is 0 Å². The Balaban J connectivity index is 0.00000136. The Hall–Kier alpha value is -2.60. The van der Waals surface area contributed by atoms with Crippen LogP contribution < -0.4 is 4.90 Å². The van der Waals surface area contributed by atoms with E-state index in [1.165, 1.54) is 29.5 Å². The summed E-state index contributed by atoms with van der Waals surface area (Å²) in [7, 11) is 0. The van der Waals surface area contributed by atoms with Gasteiger partial charge < -0.3 is 0 Å². The topological polar surface area (TPSA) is 33.2 Å². The largest absolute Gasteiger partial charge is 0.308 e. The smallest absolute Gasteiger partial charge is 0.258 e. The Morgan fingerprint density at radius 1 is 1.14 bits per heavy atom. The first-order chi connectivity index (χ1) is 13.5. The molecule has 148 valence electrons. The van der Waals surface area contributed by atoms with Crippen molar-refractivity contribution in [1.82, 2.24) is 4.98 Å². The number of anilines is 2. The molecule has 1 saturated carbocycles. The summed E-state index contributed by atoms with van der Waals surface area (Å²) in [6.45, 7) is 14.0. The van der Waals surface area contributed by atoms with Crippen molar-refractivity contribution in [2.75, 3.05) is 4.90 Å². The summed E-state index contributed by atoms with van der Waals surface area (Å²) in [6, 6.07) is 6.47. The van der Waals surface area contributed by atoms with Crippen LogP contribution >= 0.6 is 0 Å². The Bertz CT molecular complexity index is 914. The number of benzene rings is 1. The minimum Gasteiger partial charge on any atom is -0.258 e. The minimum atomic E-state index is -0.219. The maximum atomic E-state index is 13.0. The van der Waals surface area contributed by atoms with Crippen LogP contribution in [0, 0.1) is 32.6 Å². The number of nitrogens with zero attached hydrogens (tertiary/aromatic N) is 2. The van der Waals surface area contributed by atoms with E-state index in [0.717, 1.165) is 23.2 Å². The second-order valence-electron chi connectivity index (χ2n) is 7.13. The van der Waals surface area contributed by atoms with Gasteiger partial charge in [-0.05, 0) is 92.7 Å². The van der Waals surface area contributed by atoms with Crippen molar-refractivity contribution >= 4 is 17.4 Å². The highest BCUT2D eigenvalue weighted by Crippen LogP contribution is 2.46. The van der Waals surface area contributed by atoms with Gasteiger partial charge in [0.25, 0.3) is 0 Å². The predicted octanol–water partition coefficient (Wildman–Crippen LogP) is 6.16. The van der Waals surface area contributed by atoms with Crippen LogP contribution in [0.1, 0.15) is 74.3 Å². The van der Waals surface area contributed by atoms with E-state index in [9.17, 15) is 4.79 Å². The summed E-state index contributed by atoms with van der Waals surface area (Å²) in [6.07, 6.45) is 5.00. The molecule has 0 spiro atoms. The number of pyridine rings is 1. The molecule has 3 nitrogen and oxygen atoms in total. The number of aromatic nitrogens is 1. The average Bonchev–Trinajstić information content (AvgIpc) is 3.52. The fraction of sp³-hybridized carbons (Fsp3) is 0.440. The van der Waals surface area contributed by atoms with E-state index in [1.54, 1.807) is 11.8 Å². The van der Waals surface area contributed by atoms with Crippen LogP contribution in [0.5, 0.6) is 0 Å². The van der Waals surface area contributed by atoms with Crippen LogP contribution in [0.2, 0.25) is 0 Å². The van der Waals surface area contributed by atoms with Crippen molar-refractivity contribution in [3.63, 3.8) is 0 Å². The first-order valence-corrected chi connectivity index (χ1v) is 10.3. The molecule has 1 heterocycles. The van der Waals surface area contributed by atoms with Crippen LogP contribution in [0.25, 0.3) is 0 Å². The highest BCUT2D eigenvalue weighted by molar-refractivity contribution is 6.11. The molecule has 0 unspecified atom stereocenters. The van der Waals surface area contributed by atoms with Gasteiger partial charge in [-0.25, -0.2) is 4.98 Å². The molecule has 0 radical (unpaired) electrons. The normalized spacial score (nSPS) is 12.4. The summed E-state index contributed by atoms with van der Waals surface area (Å²) in [4.78, 5) is 19.4. The Morgan fingerprint density at radius 3 is 2.36 bits per heavy atom. The van der Waals surface area contributed by atoms with E-state index >= 15 is 0 Å². The van der Waals surface area contributed by atoms with E-state index in [4.69, 9.17) is 0 Å². The van der Waals surface area contributed by atoms with Crippen molar-refractivity contribution in [3.05, 3.63) is 52.2 Å². The van der Waals surface area contributed by atoms with Gasteiger partial charge in [-0.15, -0.1) is 0 Å². The van der Waals surface area contributed by atoms with Gasteiger partial charge in [0.05, 0.1) is 5.69 Å². The number of rotatable bonds is 4. The third kappa shape index (κ3) is 4.62. The fourth-order valence-corrected chi connectivity index (χ4v) is 3.30. The van der Waals surface area contributed by atoms with E-state index < -0.39 is 0 Å². The molecule has 1 amide bonds. The fourth-order valence-electron chi connectivity index (χ4n) is 3.30. The molecule has 1 aliphatic carbocycles. The number of carbonyl (C=O) groups excluding carboxylic acids is 1. The zero-order valence-corrected chi connectivity index (χ0v) is 18.3. The molecule has 2 aromatic rings. The molecule has 1 aromatic heterocycles. The van der Waals surface area contributed by atoms with Gasteiger partial charge in [0.2, 0.25) is 0 Å². The molecule has 3 heteroatoms. The summed E-state index contributed by atoms with van der Waals surface area (Å²) >= 11 is 0. The molecule has 0 atom stereocenters. The lowest BCUT2D eigenvalue weighted by Gasteiger charge is -2.26. The second-order valence-corrected chi connectivity index (χ2v) is 7.13. The molecule has 28 heavy (non-hydrogen) atoms. The first-order valence-electron chi connectivity index (χ1n) is 10.3. The lowest BCUT2D eigenvalue weighted by Crippen LogP contribution is -2.27. The van der Waals surface area contributed by atoms with Gasteiger partial charge >= 0.3 is 5.91 Å². The van der Waals surface area contributed by atoms with Gasteiger partial charge in [-0.3, -0.25) is 9.69 Å². The van der Waals surface area contributed by atoms with Crippen molar-refractivity contribution in [2.24, 2.45) is 0 Å². The van der Waals surface area contributed by atoms with Gasteiger partial charge in [0.1, 0.15) is 5.82 Å². The molecular formula is C25H32N2O. The van der Waals surface area contributed by atoms with Crippen LogP contribution in [0.15, 0.2) is 24.4 Å². The predicted molar refractivity (Wildman–Crippen MR) is 118 cm³/mol. The molecule has 0 aliphatic heterocycles. The highest BCUT2D eigenvalue weighted by atomic mass is 16.2. The number of aryl methyl sites for hydroxylation is 4. The van der Waals surface area contributed by atoms with E-state index in [-0.39, 0.29) is 5.91 Å². The molecule has 0 N–H and O–H groups in total. The van der Waals surface area contributed by atoms with E-state index in [0.29, 0.717) is 11.7 Å². The molecule has 3 rings (SSSR count). The quantitative estimate of drug-likeness (QED) is 0.599. The summed E-state index contributed by atoms with van der Waals surface area (Å²) in [5.74, 6) is 6.50.